The summed E-state index contributed by atoms with van der Waals surface area (Å²) in [7, 11) is 0. The van der Waals surface area contributed by atoms with Gasteiger partial charge in [0.15, 0.2) is 0 Å². The molecule has 2 aromatic carbocycles. The van der Waals surface area contributed by atoms with Crippen LogP contribution in [-0.4, -0.2) is 5.97 Å². The van der Waals surface area contributed by atoms with Crippen LogP contribution in [0.25, 0.3) is 0 Å². The van der Waals surface area contributed by atoms with Crippen molar-refractivity contribution < 1.29 is 15.2 Å². The predicted molar refractivity (Wildman–Crippen MR) is 80.6 cm³/mol. The number of hydrogen-bond acceptors (Lipinski definition) is 2. The lowest BCUT2D eigenvalue weighted by Crippen LogP contribution is -2.80. The Bertz CT molecular complexity index is 586. The summed E-state index contributed by atoms with van der Waals surface area (Å²) >= 11 is 0. The van der Waals surface area contributed by atoms with Gasteiger partial charge in [-0.25, -0.2) is 0 Å². The zero-order chi connectivity index (χ0) is 15.2. The van der Waals surface area contributed by atoms with Crippen LogP contribution in [0.15, 0.2) is 48.5 Å². The average molecular weight is 283 g/mol. The van der Waals surface area contributed by atoms with E-state index in [9.17, 15) is 9.90 Å². The second-order valence-electron chi connectivity index (χ2n) is 5.58. The Morgan fingerprint density at radius 3 is 1.86 bits per heavy atom. The summed E-state index contributed by atoms with van der Waals surface area (Å²) in [5.41, 5.74) is 3.99. The van der Waals surface area contributed by atoms with Crippen molar-refractivity contribution in [3.05, 3.63) is 70.8 Å². The summed E-state index contributed by atoms with van der Waals surface area (Å²) in [5, 5.41) is 12.9. The fourth-order valence-corrected chi connectivity index (χ4v) is 2.22. The number of carboxylic acid groups (broad SMARTS) is 1. The van der Waals surface area contributed by atoms with E-state index in [0.29, 0.717) is 5.92 Å². The molecule has 0 saturated heterocycles. The third-order valence-electron chi connectivity index (χ3n) is 3.60. The van der Waals surface area contributed by atoms with E-state index in [1.165, 1.54) is 11.1 Å². The molecule has 0 aliphatic carbocycles. The van der Waals surface area contributed by atoms with Gasteiger partial charge in [0.05, 0.1) is 5.97 Å². The van der Waals surface area contributed by atoms with Gasteiger partial charge in [-0.05, 0) is 17.0 Å². The van der Waals surface area contributed by atoms with Gasteiger partial charge >= 0.3 is 0 Å². The van der Waals surface area contributed by atoms with Gasteiger partial charge in [0.25, 0.3) is 0 Å². The fraction of sp³-hybridized carbons (Fsp3) is 0.278. The number of quaternary nitrogens is 1. The summed E-state index contributed by atoms with van der Waals surface area (Å²) in [6.45, 7) is 6.13. The van der Waals surface area contributed by atoms with Crippen LogP contribution in [0.1, 0.15) is 46.8 Å². The smallest absolute Gasteiger partial charge is 0.101 e. The normalized spacial score (nSPS) is 10.8. The van der Waals surface area contributed by atoms with Crippen molar-refractivity contribution in [1.82, 2.24) is 0 Å². The number of benzene rings is 2. The lowest BCUT2D eigenvalue weighted by molar-refractivity contribution is -0.686. The number of rotatable bonds is 6. The van der Waals surface area contributed by atoms with Gasteiger partial charge in [0.1, 0.15) is 13.1 Å². The highest BCUT2D eigenvalue weighted by Gasteiger charge is 2.01. The van der Waals surface area contributed by atoms with E-state index in [1.54, 1.807) is 12.1 Å². The quantitative estimate of drug-likeness (QED) is 0.872. The zero-order valence-electron chi connectivity index (χ0n) is 12.5. The van der Waals surface area contributed by atoms with E-state index >= 15 is 0 Å². The summed E-state index contributed by atoms with van der Waals surface area (Å²) in [4.78, 5) is 10.7. The molecule has 0 bridgehead atoms. The maximum absolute atomic E-state index is 10.7. The Kier molecular flexibility index (Phi) is 5.12. The topological polar surface area (TPSA) is 56.7 Å². The number of carbonyl (C=O) groups is 1. The molecule has 21 heavy (non-hydrogen) atoms. The first-order valence-corrected chi connectivity index (χ1v) is 7.27. The highest BCUT2D eigenvalue weighted by molar-refractivity contribution is 5.85. The molecule has 0 aliphatic heterocycles. The van der Waals surface area contributed by atoms with Crippen LogP contribution in [0, 0.1) is 0 Å². The molecule has 0 aliphatic rings. The summed E-state index contributed by atoms with van der Waals surface area (Å²) < 4.78 is 0. The number of carbonyl (C=O) groups excluding carboxylic acids is 1. The Morgan fingerprint density at radius 2 is 1.43 bits per heavy atom. The first-order chi connectivity index (χ1) is 10.1. The number of nitrogens with two attached hydrogens (primary N) is 1. The van der Waals surface area contributed by atoms with Crippen LogP contribution in [0.5, 0.6) is 0 Å². The molecule has 0 saturated carbocycles. The molecule has 3 heteroatoms. The number of aromatic carboxylic acids is 1. The third kappa shape index (κ3) is 4.43. The summed E-state index contributed by atoms with van der Waals surface area (Å²) in [6.07, 6.45) is 0. The van der Waals surface area contributed by atoms with E-state index in [0.717, 1.165) is 18.7 Å². The highest BCUT2D eigenvalue weighted by Crippen LogP contribution is 2.14. The molecule has 3 nitrogen and oxygen atoms in total. The Labute approximate surface area is 125 Å². The molecule has 2 rings (SSSR count). The largest absolute Gasteiger partial charge is 0.545 e. The van der Waals surface area contributed by atoms with Gasteiger partial charge in [-0.15, -0.1) is 0 Å². The molecule has 0 fully saturated rings. The minimum atomic E-state index is -1.13. The first kappa shape index (κ1) is 15.3. The maximum Gasteiger partial charge on any atom is 0.101 e. The molecule has 0 heterocycles. The molecule has 0 aromatic heterocycles. The monoisotopic (exact) mass is 283 g/mol. The van der Waals surface area contributed by atoms with Gasteiger partial charge in [0.2, 0.25) is 0 Å². The number of hydrogen-bond donors (Lipinski definition) is 1. The summed E-state index contributed by atoms with van der Waals surface area (Å²) in [6, 6.07) is 15.6. The van der Waals surface area contributed by atoms with Gasteiger partial charge in [-0.1, -0.05) is 62.4 Å². The Morgan fingerprint density at radius 1 is 0.952 bits per heavy atom. The molecule has 2 N–H and O–H groups in total. The highest BCUT2D eigenvalue weighted by atomic mass is 16.4. The van der Waals surface area contributed by atoms with Crippen LogP contribution in [-0.2, 0) is 13.1 Å². The second-order valence-corrected chi connectivity index (χ2v) is 5.58. The van der Waals surface area contributed by atoms with E-state index in [4.69, 9.17) is 0 Å². The van der Waals surface area contributed by atoms with Crippen molar-refractivity contribution in [2.45, 2.75) is 32.9 Å². The molecule has 110 valence electrons. The van der Waals surface area contributed by atoms with Gasteiger partial charge < -0.3 is 15.2 Å². The molecule has 0 amide bonds. The molecular weight excluding hydrogens is 262 g/mol. The van der Waals surface area contributed by atoms with Crippen molar-refractivity contribution in [3.8, 4) is 0 Å². The Balaban J connectivity index is 1.85. The van der Waals surface area contributed by atoms with Gasteiger partial charge in [-0.2, -0.15) is 0 Å². The Hall–Kier alpha value is -2.13. The van der Waals surface area contributed by atoms with Crippen LogP contribution in [0.3, 0.4) is 0 Å². The van der Waals surface area contributed by atoms with Crippen molar-refractivity contribution in [2.75, 3.05) is 0 Å². The lowest BCUT2D eigenvalue weighted by Gasteiger charge is -2.07. The van der Waals surface area contributed by atoms with E-state index in [-0.39, 0.29) is 5.56 Å². The van der Waals surface area contributed by atoms with E-state index in [1.807, 2.05) is 12.1 Å². The summed E-state index contributed by atoms with van der Waals surface area (Å²) in [5.74, 6) is -0.568. The molecule has 0 atom stereocenters. The van der Waals surface area contributed by atoms with Crippen LogP contribution in [0.4, 0.5) is 0 Å². The average Bonchev–Trinajstić information content (AvgIpc) is 2.48. The molecule has 0 unspecified atom stereocenters. The van der Waals surface area contributed by atoms with Gasteiger partial charge in [-0.3, -0.25) is 0 Å². The van der Waals surface area contributed by atoms with Crippen LogP contribution >= 0.6 is 0 Å². The first-order valence-electron chi connectivity index (χ1n) is 7.27. The second kappa shape index (κ2) is 7.04. The standard InChI is InChI=1S/C18H21NO2/c1-13(2)16-7-3-14(4-8-16)11-19-12-15-5-9-17(10-6-15)18(20)21/h3-10,13,19H,11-12H2,1-2H3,(H,20,21). The zero-order valence-corrected chi connectivity index (χ0v) is 12.5. The van der Waals surface area contributed by atoms with Crippen LogP contribution < -0.4 is 10.4 Å². The fourth-order valence-electron chi connectivity index (χ4n) is 2.22. The molecule has 0 radical (unpaired) electrons. The van der Waals surface area contributed by atoms with Crippen LogP contribution in [0.2, 0.25) is 0 Å². The van der Waals surface area contributed by atoms with Crippen molar-refractivity contribution in [1.29, 1.82) is 0 Å². The number of carboxylic acids is 1. The van der Waals surface area contributed by atoms with Crippen molar-refractivity contribution >= 4 is 5.97 Å². The minimum absolute atomic E-state index is 0.225. The maximum atomic E-state index is 10.7. The predicted octanol–water partition coefficient (Wildman–Crippen LogP) is 1.44. The molecule has 2 aromatic rings. The molecular formula is C18H21NO2. The van der Waals surface area contributed by atoms with E-state index < -0.39 is 5.97 Å². The minimum Gasteiger partial charge on any atom is -0.545 e. The van der Waals surface area contributed by atoms with Crippen molar-refractivity contribution in [2.24, 2.45) is 0 Å². The van der Waals surface area contributed by atoms with E-state index in [2.05, 4.69) is 43.4 Å². The van der Waals surface area contributed by atoms with Gasteiger partial charge in [0, 0.05) is 11.1 Å². The molecule has 0 spiro atoms. The lowest BCUT2D eigenvalue weighted by atomic mass is 10.0. The SMILES string of the molecule is CC(C)c1ccc(C[NH2+]Cc2ccc(C(=O)[O-])cc2)cc1. The third-order valence-corrected chi connectivity index (χ3v) is 3.60. The van der Waals surface area contributed by atoms with Crippen molar-refractivity contribution in [3.63, 3.8) is 0 Å².